The Balaban J connectivity index is 2.97. The van der Waals surface area contributed by atoms with Crippen molar-refractivity contribution in [1.29, 1.82) is 0 Å². The molecule has 3 nitrogen and oxygen atoms in total. The minimum atomic E-state index is -3.48. The third-order valence-corrected chi connectivity index (χ3v) is 4.11. The van der Waals surface area contributed by atoms with E-state index in [1.807, 2.05) is 26.0 Å². The van der Waals surface area contributed by atoms with Crippen LogP contribution in [0.4, 0.5) is 0 Å². The van der Waals surface area contributed by atoms with Gasteiger partial charge in [0.1, 0.15) is 5.75 Å². The van der Waals surface area contributed by atoms with Gasteiger partial charge in [0, 0.05) is 0 Å². The lowest BCUT2D eigenvalue weighted by Crippen LogP contribution is -2.00. The smallest absolute Gasteiger partial charge is 0.376 e. The van der Waals surface area contributed by atoms with E-state index in [4.69, 9.17) is 4.52 Å². The molecule has 0 heterocycles. The Labute approximate surface area is 103 Å². The van der Waals surface area contributed by atoms with Crippen LogP contribution >= 0.6 is 7.60 Å². The third kappa shape index (κ3) is 4.18. The maximum atomic E-state index is 11.8. The summed E-state index contributed by atoms with van der Waals surface area (Å²) in [6.45, 7) is 5.95. The highest BCUT2D eigenvalue weighted by atomic mass is 31.2. The average Bonchev–Trinajstić information content (AvgIpc) is 2.22. The molecular formula is C13H21O3P. The molecule has 0 aromatic heterocycles. The van der Waals surface area contributed by atoms with Gasteiger partial charge in [-0.3, -0.25) is 0 Å². The molecule has 17 heavy (non-hydrogen) atoms. The van der Waals surface area contributed by atoms with Crippen molar-refractivity contribution in [1.82, 2.24) is 0 Å². The van der Waals surface area contributed by atoms with E-state index >= 15 is 0 Å². The SMILES string of the molecule is CCCc1c(C)cccc1OP(=O)(O)CCC. The van der Waals surface area contributed by atoms with Crippen LogP contribution in [-0.2, 0) is 11.0 Å². The minimum Gasteiger partial charge on any atom is -0.424 e. The molecule has 0 bridgehead atoms. The van der Waals surface area contributed by atoms with E-state index in [2.05, 4.69) is 6.92 Å². The highest BCUT2D eigenvalue weighted by Crippen LogP contribution is 2.44. The summed E-state index contributed by atoms with van der Waals surface area (Å²) >= 11 is 0. The van der Waals surface area contributed by atoms with Crippen molar-refractivity contribution in [2.24, 2.45) is 0 Å². The highest BCUT2D eigenvalue weighted by Gasteiger charge is 2.21. The lowest BCUT2D eigenvalue weighted by atomic mass is 10.0. The van der Waals surface area contributed by atoms with Gasteiger partial charge in [-0.25, -0.2) is 4.57 Å². The third-order valence-electron chi connectivity index (χ3n) is 2.61. The summed E-state index contributed by atoms with van der Waals surface area (Å²) in [5.41, 5.74) is 2.15. The summed E-state index contributed by atoms with van der Waals surface area (Å²) in [6, 6.07) is 5.63. The van der Waals surface area contributed by atoms with Crippen LogP contribution < -0.4 is 4.52 Å². The van der Waals surface area contributed by atoms with Crippen LogP contribution in [0, 0.1) is 6.92 Å². The van der Waals surface area contributed by atoms with Gasteiger partial charge in [0.25, 0.3) is 0 Å². The normalized spacial score (nSPS) is 14.4. The van der Waals surface area contributed by atoms with Gasteiger partial charge in [-0.05, 0) is 37.0 Å². The van der Waals surface area contributed by atoms with Crippen LogP contribution in [0.1, 0.15) is 37.8 Å². The molecule has 1 aromatic carbocycles. The minimum absolute atomic E-state index is 0.201. The fourth-order valence-corrected chi connectivity index (χ4v) is 2.95. The maximum absolute atomic E-state index is 11.8. The van der Waals surface area contributed by atoms with Crippen LogP contribution in [0.2, 0.25) is 0 Å². The van der Waals surface area contributed by atoms with E-state index in [9.17, 15) is 9.46 Å². The molecule has 0 spiro atoms. The number of aryl methyl sites for hydroxylation is 1. The molecule has 0 saturated heterocycles. The van der Waals surface area contributed by atoms with Crippen LogP contribution in [0.15, 0.2) is 18.2 Å². The fourth-order valence-electron chi connectivity index (χ4n) is 1.81. The zero-order valence-corrected chi connectivity index (χ0v) is 11.7. The molecule has 1 N–H and O–H groups in total. The highest BCUT2D eigenvalue weighted by molar-refractivity contribution is 7.53. The predicted molar refractivity (Wildman–Crippen MR) is 70.8 cm³/mol. The summed E-state index contributed by atoms with van der Waals surface area (Å²) < 4.78 is 17.1. The molecule has 1 atom stereocenters. The van der Waals surface area contributed by atoms with Gasteiger partial charge in [-0.2, -0.15) is 0 Å². The molecule has 0 aliphatic heterocycles. The van der Waals surface area contributed by atoms with Crippen molar-refractivity contribution in [2.75, 3.05) is 6.16 Å². The van der Waals surface area contributed by atoms with Crippen LogP contribution in [0.25, 0.3) is 0 Å². The van der Waals surface area contributed by atoms with E-state index in [0.29, 0.717) is 12.2 Å². The summed E-state index contributed by atoms with van der Waals surface area (Å²) in [5.74, 6) is 0.561. The molecular weight excluding hydrogens is 235 g/mol. The van der Waals surface area contributed by atoms with Crippen molar-refractivity contribution < 1.29 is 14.0 Å². The molecule has 4 heteroatoms. The number of hydrogen-bond donors (Lipinski definition) is 1. The molecule has 0 aliphatic rings. The van der Waals surface area contributed by atoms with Crippen LogP contribution in [0.3, 0.4) is 0 Å². The van der Waals surface area contributed by atoms with Crippen molar-refractivity contribution >= 4 is 7.60 Å². The summed E-state index contributed by atoms with van der Waals surface area (Å²) in [4.78, 5) is 9.68. The lowest BCUT2D eigenvalue weighted by molar-refractivity contribution is 0.377. The Bertz CT molecular complexity index is 415. The number of benzene rings is 1. The Hall–Kier alpha value is -0.790. The Morgan fingerprint density at radius 1 is 1.29 bits per heavy atom. The van der Waals surface area contributed by atoms with Crippen molar-refractivity contribution in [2.45, 2.75) is 40.0 Å². The van der Waals surface area contributed by atoms with Crippen molar-refractivity contribution in [3.8, 4) is 5.75 Å². The summed E-state index contributed by atoms with van der Waals surface area (Å²) in [7, 11) is -3.48. The van der Waals surface area contributed by atoms with Crippen LogP contribution in [0.5, 0.6) is 5.75 Å². The zero-order valence-electron chi connectivity index (χ0n) is 10.8. The Morgan fingerprint density at radius 2 is 2.00 bits per heavy atom. The largest absolute Gasteiger partial charge is 0.424 e. The first-order valence-corrected chi connectivity index (χ1v) is 7.86. The summed E-state index contributed by atoms with van der Waals surface area (Å²) in [6.07, 6.45) is 2.70. The van der Waals surface area contributed by atoms with Crippen LogP contribution in [-0.4, -0.2) is 11.1 Å². The topological polar surface area (TPSA) is 46.5 Å². The van der Waals surface area contributed by atoms with Gasteiger partial charge in [0.05, 0.1) is 6.16 Å². The molecule has 1 rings (SSSR count). The van der Waals surface area contributed by atoms with E-state index in [-0.39, 0.29) is 6.16 Å². The molecule has 0 fully saturated rings. The van der Waals surface area contributed by atoms with E-state index in [0.717, 1.165) is 24.0 Å². The van der Waals surface area contributed by atoms with Crippen molar-refractivity contribution in [3.05, 3.63) is 29.3 Å². The molecule has 0 amide bonds. The predicted octanol–water partition coefficient (Wildman–Crippen LogP) is 3.92. The molecule has 0 saturated carbocycles. The Morgan fingerprint density at radius 3 is 2.59 bits per heavy atom. The number of rotatable bonds is 6. The first kappa shape index (κ1) is 14.3. The molecule has 0 radical (unpaired) electrons. The van der Waals surface area contributed by atoms with E-state index < -0.39 is 7.60 Å². The lowest BCUT2D eigenvalue weighted by Gasteiger charge is -2.17. The van der Waals surface area contributed by atoms with Gasteiger partial charge in [-0.1, -0.05) is 32.4 Å². The maximum Gasteiger partial charge on any atom is 0.376 e. The molecule has 1 unspecified atom stereocenters. The van der Waals surface area contributed by atoms with Gasteiger partial charge in [0.15, 0.2) is 0 Å². The molecule has 0 aliphatic carbocycles. The Kier molecular flexibility index (Phi) is 5.23. The van der Waals surface area contributed by atoms with E-state index in [1.54, 1.807) is 6.07 Å². The second-order valence-electron chi connectivity index (χ2n) is 4.25. The van der Waals surface area contributed by atoms with Gasteiger partial charge >= 0.3 is 7.60 Å². The second-order valence-corrected chi connectivity index (χ2v) is 6.16. The average molecular weight is 256 g/mol. The molecule has 1 aromatic rings. The van der Waals surface area contributed by atoms with Gasteiger partial charge in [0.2, 0.25) is 0 Å². The van der Waals surface area contributed by atoms with Gasteiger partial charge in [-0.15, -0.1) is 0 Å². The monoisotopic (exact) mass is 256 g/mol. The van der Waals surface area contributed by atoms with Crippen molar-refractivity contribution in [3.63, 3.8) is 0 Å². The van der Waals surface area contributed by atoms with Gasteiger partial charge < -0.3 is 9.42 Å². The molecule has 96 valence electrons. The first-order chi connectivity index (χ1) is 8.00. The second kappa shape index (κ2) is 6.23. The zero-order chi connectivity index (χ0) is 12.9. The number of hydrogen-bond acceptors (Lipinski definition) is 2. The quantitative estimate of drug-likeness (QED) is 0.784. The summed E-state index contributed by atoms with van der Waals surface area (Å²) in [5, 5.41) is 0. The standard InChI is InChI=1S/C13H21O3P/c1-4-7-12-11(3)8-6-9-13(12)16-17(14,15)10-5-2/h6,8-9H,4-5,7,10H2,1-3H3,(H,14,15). The first-order valence-electron chi connectivity index (χ1n) is 6.10. The fraction of sp³-hybridized carbons (Fsp3) is 0.538. The van der Waals surface area contributed by atoms with E-state index in [1.165, 1.54) is 0 Å².